The summed E-state index contributed by atoms with van der Waals surface area (Å²) in [5.74, 6) is -0.769. The van der Waals surface area contributed by atoms with Crippen molar-refractivity contribution in [3.8, 4) is 0 Å². The molecule has 1 spiro atoms. The van der Waals surface area contributed by atoms with Gasteiger partial charge < -0.3 is 14.7 Å². The van der Waals surface area contributed by atoms with Crippen LogP contribution in [0.25, 0.3) is 0 Å². The highest BCUT2D eigenvalue weighted by molar-refractivity contribution is 5.73. The summed E-state index contributed by atoms with van der Waals surface area (Å²) in [6, 6.07) is 0. The minimum atomic E-state index is -0.870. The number of carbonyl (C=O) groups excluding carboxylic acids is 1. The van der Waals surface area contributed by atoms with Gasteiger partial charge in [0.05, 0.1) is 6.61 Å². The van der Waals surface area contributed by atoms with Crippen molar-refractivity contribution >= 4 is 11.9 Å². The SMILES string of the molecule is CC(=O)N1CCC2(CC1)COC(C(=O)O)C2. The molecular formula is C11H17NO4. The Kier molecular flexibility index (Phi) is 2.88. The van der Waals surface area contributed by atoms with E-state index in [9.17, 15) is 9.59 Å². The minimum Gasteiger partial charge on any atom is -0.479 e. The Bertz CT molecular complexity index is 307. The number of rotatable bonds is 1. The highest BCUT2D eigenvalue weighted by Gasteiger charge is 2.45. The highest BCUT2D eigenvalue weighted by Crippen LogP contribution is 2.41. The summed E-state index contributed by atoms with van der Waals surface area (Å²) in [4.78, 5) is 23.8. The summed E-state index contributed by atoms with van der Waals surface area (Å²) in [5, 5.41) is 8.88. The van der Waals surface area contributed by atoms with Gasteiger partial charge in [0.2, 0.25) is 5.91 Å². The van der Waals surface area contributed by atoms with Crippen LogP contribution in [-0.4, -0.2) is 47.7 Å². The fourth-order valence-electron chi connectivity index (χ4n) is 2.59. The average molecular weight is 227 g/mol. The van der Waals surface area contributed by atoms with Gasteiger partial charge in [-0.15, -0.1) is 0 Å². The number of ether oxygens (including phenoxy) is 1. The number of amides is 1. The molecule has 2 aliphatic rings. The van der Waals surface area contributed by atoms with Crippen molar-refractivity contribution in [3.63, 3.8) is 0 Å². The second kappa shape index (κ2) is 4.05. The Hall–Kier alpha value is -1.10. The number of carboxylic acid groups (broad SMARTS) is 1. The van der Waals surface area contributed by atoms with Crippen LogP contribution in [0, 0.1) is 5.41 Å². The third-order valence-electron chi connectivity index (χ3n) is 3.75. The van der Waals surface area contributed by atoms with Crippen molar-refractivity contribution < 1.29 is 19.4 Å². The lowest BCUT2D eigenvalue weighted by molar-refractivity contribution is -0.147. The van der Waals surface area contributed by atoms with Crippen LogP contribution in [0.15, 0.2) is 0 Å². The van der Waals surface area contributed by atoms with Gasteiger partial charge in [-0.05, 0) is 19.3 Å². The molecule has 5 heteroatoms. The maximum Gasteiger partial charge on any atom is 0.332 e. The number of likely N-dealkylation sites (tertiary alicyclic amines) is 1. The monoisotopic (exact) mass is 227 g/mol. The Balaban J connectivity index is 1.93. The first-order chi connectivity index (χ1) is 7.52. The van der Waals surface area contributed by atoms with Gasteiger partial charge in [-0.2, -0.15) is 0 Å². The van der Waals surface area contributed by atoms with Crippen molar-refractivity contribution in [1.82, 2.24) is 4.90 Å². The van der Waals surface area contributed by atoms with E-state index in [4.69, 9.17) is 9.84 Å². The predicted octanol–water partition coefficient (Wildman–Crippen LogP) is 0.489. The number of piperidine rings is 1. The summed E-state index contributed by atoms with van der Waals surface area (Å²) in [7, 11) is 0. The summed E-state index contributed by atoms with van der Waals surface area (Å²) in [6.07, 6.45) is 1.66. The summed E-state index contributed by atoms with van der Waals surface area (Å²) in [5.41, 5.74) is -0.00495. The Morgan fingerprint density at radius 2 is 2.00 bits per heavy atom. The molecule has 1 unspecified atom stereocenters. The lowest BCUT2D eigenvalue weighted by Crippen LogP contribution is -2.42. The van der Waals surface area contributed by atoms with Crippen LogP contribution in [0.1, 0.15) is 26.2 Å². The summed E-state index contributed by atoms with van der Waals surface area (Å²) >= 11 is 0. The van der Waals surface area contributed by atoms with E-state index in [1.54, 1.807) is 6.92 Å². The minimum absolute atomic E-state index is 0.00495. The molecule has 0 aromatic carbocycles. The number of carboxylic acids is 1. The first kappa shape index (κ1) is 11.4. The summed E-state index contributed by atoms with van der Waals surface area (Å²) < 4.78 is 5.30. The van der Waals surface area contributed by atoms with Crippen LogP contribution in [0.3, 0.4) is 0 Å². The highest BCUT2D eigenvalue weighted by atomic mass is 16.5. The maximum atomic E-state index is 11.2. The molecule has 0 saturated carbocycles. The van der Waals surface area contributed by atoms with Gasteiger partial charge in [-0.1, -0.05) is 0 Å². The second-order valence-electron chi connectivity index (χ2n) is 4.85. The Morgan fingerprint density at radius 3 is 2.44 bits per heavy atom. The van der Waals surface area contributed by atoms with E-state index in [1.165, 1.54) is 0 Å². The van der Waals surface area contributed by atoms with Crippen LogP contribution in [0.2, 0.25) is 0 Å². The molecule has 1 atom stereocenters. The lowest BCUT2D eigenvalue weighted by atomic mass is 9.76. The Morgan fingerprint density at radius 1 is 1.38 bits per heavy atom. The molecule has 2 heterocycles. The zero-order chi connectivity index (χ0) is 11.8. The van der Waals surface area contributed by atoms with Gasteiger partial charge in [0, 0.05) is 25.4 Å². The van der Waals surface area contributed by atoms with Gasteiger partial charge in [0.25, 0.3) is 0 Å². The molecule has 0 aromatic rings. The zero-order valence-corrected chi connectivity index (χ0v) is 9.44. The largest absolute Gasteiger partial charge is 0.479 e. The van der Waals surface area contributed by atoms with E-state index in [0.717, 1.165) is 25.9 Å². The standard InChI is InChI=1S/C11H17NO4/c1-8(13)12-4-2-11(3-5-12)6-9(10(14)15)16-7-11/h9H,2-7H2,1H3,(H,14,15). The number of aliphatic carboxylic acids is 1. The molecule has 2 aliphatic heterocycles. The molecule has 16 heavy (non-hydrogen) atoms. The first-order valence-corrected chi connectivity index (χ1v) is 5.62. The van der Waals surface area contributed by atoms with Gasteiger partial charge in [-0.3, -0.25) is 4.79 Å². The van der Waals surface area contributed by atoms with E-state index in [0.29, 0.717) is 13.0 Å². The smallest absolute Gasteiger partial charge is 0.332 e. The number of hydrogen-bond acceptors (Lipinski definition) is 3. The van der Waals surface area contributed by atoms with Crippen LogP contribution >= 0.6 is 0 Å². The molecule has 0 aliphatic carbocycles. The van der Waals surface area contributed by atoms with Crippen molar-refractivity contribution in [2.24, 2.45) is 5.41 Å². The lowest BCUT2D eigenvalue weighted by Gasteiger charge is -2.37. The van der Waals surface area contributed by atoms with Crippen molar-refractivity contribution in [2.45, 2.75) is 32.3 Å². The molecule has 0 aromatic heterocycles. The van der Waals surface area contributed by atoms with Gasteiger partial charge in [0.1, 0.15) is 0 Å². The molecule has 0 bridgehead atoms. The topological polar surface area (TPSA) is 66.8 Å². The summed E-state index contributed by atoms with van der Waals surface area (Å²) in [6.45, 7) is 3.55. The first-order valence-electron chi connectivity index (χ1n) is 5.62. The maximum absolute atomic E-state index is 11.2. The fraction of sp³-hybridized carbons (Fsp3) is 0.818. The third kappa shape index (κ3) is 2.04. The molecule has 2 saturated heterocycles. The number of nitrogens with zero attached hydrogens (tertiary/aromatic N) is 1. The van der Waals surface area contributed by atoms with Crippen LogP contribution in [0.4, 0.5) is 0 Å². The molecule has 0 radical (unpaired) electrons. The quantitative estimate of drug-likeness (QED) is 0.708. The van der Waals surface area contributed by atoms with Crippen molar-refractivity contribution in [1.29, 1.82) is 0 Å². The second-order valence-corrected chi connectivity index (χ2v) is 4.85. The predicted molar refractivity (Wildman–Crippen MR) is 55.9 cm³/mol. The number of carbonyl (C=O) groups is 2. The average Bonchev–Trinajstić information content (AvgIpc) is 2.63. The molecule has 90 valence electrons. The molecule has 2 fully saturated rings. The molecule has 5 nitrogen and oxygen atoms in total. The third-order valence-corrected chi connectivity index (χ3v) is 3.75. The van der Waals surface area contributed by atoms with Crippen LogP contribution < -0.4 is 0 Å². The fourth-order valence-corrected chi connectivity index (χ4v) is 2.59. The molecule has 1 amide bonds. The van der Waals surface area contributed by atoms with Crippen molar-refractivity contribution in [3.05, 3.63) is 0 Å². The van der Waals surface area contributed by atoms with E-state index < -0.39 is 12.1 Å². The normalized spacial score (nSPS) is 28.3. The van der Waals surface area contributed by atoms with E-state index in [2.05, 4.69) is 0 Å². The molecule has 2 rings (SSSR count). The van der Waals surface area contributed by atoms with Crippen LogP contribution in [0.5, 0.6) is 0 Å². The molecular weight excluding hydrogens is 210 g/mol. The van der Waals surface area contributed by atoms with Gasteiger partial charge >= 0.3 is 5.97 Å². The number of hydrogen-bond donors (Lipinski definition) is 1. The molecule has 1 N–H and O–H groups in total. The van der Waals surface area contributed by atoms with E-state index in [1.807, 2.05) is 4.90 Å². The van der Waals surface area contributed by atoms with Gasteiger partial charge in [-0.25, -0.2) is 4.79 Å². The van der Waals surface area contributed by atoms with Crippen LogP contribution in [-0.2, 0) is 14.3 Å². The van der Waals surface area contributed by atoms with E-state index in [-0.39, 0.29) is 11.3 Å². The van der Waals surface area contributed by atoms with Gasteiger partial charge in [0.15, 0.2) is 6.10 Å². The van der Waals surface area contributed by atoms with Crippen molar-refractivity contribution in [2.75, 3.05) is 19.7 Å². The van der Waals surface area contributed by atoms with E-state index >= 15 is 0 Å². The Labute approximate surface area is 94.4 Å². The zero-order valence-electron chi connectivity index (χ0n) is 9.44.